The van der Waals surface area contributed by atoms with E-state index in [-0.39, 0.29) is 18.4 Å². The molecule has 0 heterocycles. The van der Waals surface area contributed by atoms with Crippen LogP contribution in [0.3, 0.4) is 0 Å². The van der Waals surface area contributed by atoms with E-state index in [1.807, 2.05) is 0 Å². The normalized spacial score (nSPS) is 17.4. The molecular weight excluding hydrogens is 286 g/mol. The van der Waals surface area contributed by atoms with E-state index in [9.17, 15) is 13.5 Å². The summed E-state index contributed by atoms with van der Waals surface area (Å²) in [6, 6.07) is 6.80. The Hall–Kier alpha value is -0.620. The number of hydrogen-bond acceptors (Lipinski definition) is 3. The minimum Gasteiger partial charge on any atom is -0.393 e. The van der Waals surface area contributed by atoms with Gasteiger partial charge in [0.15, 0.2) is 0 Å². The Morgan fingerprint density at radius 2 is 2.16 bits per heavy atom. The average molecular weight is 304 g/mol. The second kappa shape index (κ2) is 6.22. The van der Waals surface area contributed by atoms with Crippen LogP contribution in [0.25, 0.3) is 0 Å². The molecule has 2 N–H and O–H groups in total. The van der Waals surface area contributed by atoms with E-state index in [1.54, 1.807) is 24.3 Å². The van der Waals surface area contributed by atoms with Gasteiger partial charge in [-0.3, -0.25) is 0 Å². The van der Waals surface area contributed by atoms with Crippen LogP contribution >= 0.6 is 11.6 Å². The third-order valence-electron chi connectivity index (χ3n) is 3.17. The summed E-state index contributed by atoms with van der Waals surface area (Å²) >= 11 is 5.81. The highest BCUT2D eigenvalue weighted by Crippen LogP contribution is 2.33. The molecule has 1 aliphatic rings. The van der Waals surface area contributed by atoms with Gasteiger partial charge in [-0.05, 0) is 42.9 Å². The van der Waals surface area contributed by atoms with Gasteiger partial charge in [0.25, 0.3) is 0 Å². The molecule has 1 fully saturated rings. The molecule has 1 aromatic carbocycles. The minimum atomic E-state index is -3.37. The molecule has 106 valence electrons. The first-order chi connectivity index (χ1) is 8.96. The standard InChI is InChI=1S/C13H18ClNO3S/c14-12-3-1-2-10(8-12)9-19(17,18)15-7-6-13(16)11-4-5-11/h1-3,8,11,13,15-16H,4-7,9H2/t13-/m0/s1. The van der Waals surface area contributed by atoms with Gasteiger partial charge in [0.1, 0.15) is 0 Å². The Morgan fingerprint density at radius 3 is 2.79 bits per heavy atom. The lowest BCUT2D eigenvalue weighted by Gasteiger charge is -2.10. The van der Waals surface area contributed by atoms with E-state index in [4.69, 9.17) is 11.6 Å². The van der Waals surface area contributed by atoms with Gasteiger partial charge in [-0.15, -0.1) is 0 Å². The summed E-state index contributed by atoms with van der Waals surface area (Å²) in [5, 5.41) is 10.2. The van der Waals surface area contributed by atoms with E-state index in [2.05, 4.69) is 4.72 Å². The monoisotopic (exact) mass is 303 g/mol. The van der Waals surface area contributed by atoms with Crippen molar-refractivity contribution in [3.63, 3.8) is 0 Å². The maximum atomic E-state index is 11.8. The summed E-state index contributed by atoms with van der Waals surface area (Å²) in [5.41, 5.74) is 0.655. The lowest BCUT2D eigenvalue weighted by atomic mass is 10.2. The number of sulfonamides is 1. The fraction of sp³-hybridized carbons (Fsp3) is 0.538. The van der Waals surface area contributed by atoms with Crippen LogP contribution in [-0.4, -0.2) is 26.2 Å². The third kappa shape index (κ3) is 5.10. The van der Waals surface area contributed by atoms with Crippen molar-refractivity contribution in [2.24, 2.45) is 5.92 Å². The van der Waals surface area contributed by atoms with E-state index in [0.717, 1.165) is 12.8 Å². The van der Waals surface area contributed by atoms with E-state index in [0.29, 0.717) is 22.9 Å². The minimum absolute atomic E-state index is 0.0902. The topological polar surface area (TPSA) is 66.4 Å². The molecule has 4 nitrogen and oxygen atoms in total. The highest BCUT2D eigenvalue weighted by Gasteiger charge is 2.29. The van der Waals surface area contributed by atoms with Crippen molar-refractivity contribution in [1.29, 1.82) is 0 Å². The summed E-state index contributed by atoms with van der Waals surface area (Å²) < 4.78 is 26.2. The largest absolute Gasteiger partial charge is 0.393 e. The molecule has 0 unspecified atom stereocenters. The van der Waals surface area contributed by atoms with Crippen LogP contribution in [0.15, 0.2) is 24.3 Å². The van der Waals surface area contributed by atoms with Crippen LogP contribution in [0, 0.1) is 5.92 Å². The zero-order valence-electron chi connectivity index (χ0n) is 10.5. The molecule has 0 aromatic heterocycles. The third-order valence-corrected chi connectivity index (χ3v) is 4.77. The zero-order chi connectivity index (χ0) is 13.9. The average Bonchev–Trinajstić information content (AvgIpc) is 3.11. The smallest absolute Gasteiger partial charge is 0.215 e. The van der Waals surface area contributed by atoms with Crippen molar-refractivity contribution >= 4 is 21.6 Å². The number of nitrogens with one attached hydrogen (secondary N) is 1. The number of aliphatic hydroxyl groups excluding tert-OH is 1. The molecule has 19 heavy (non-hydrogen) atoms. The van der Waals surface area contributed by atoms with Crippen LogP contribution in [0.5, 0.6) is 0 Å². The Balaban J connectivity index is 1.81. The van der Waals surface area contributed by atoms with Crippen LogP contribution < -0.4 is 4.72 Å². The molecule has 0 radical (unpaired) electrons. The number of benzene rings is 1. The van der Waals surface area contributed by atoms with Crippen LogP contribution in [0.4, 0.5) is 0 Å². The number of rotatable bonds is 7. The van der Waals surface area contributed by atoms with Crippen molar-refractivity contribution in [1.82, 2.24) is 4.72 Å². The van der Waals surface area contributed by atoms with Crippen molar-refractivity contribution in [2.75, 3.05) is 6.54 Å². The predicted octanol–water partition coefficient (Wildman–Crippen LogP) is 1.92. The summed E-state index contributed by atoms with van der Waals surface area (Å²) in [7, 11) is -3.37. The summed E-state index contributed by atoms with van der Waals surface area (Å²) in [6.45, 7) is 0.278. The summed E-state index contributed by atoms with van der Waals surface area (Å²) in [6.07, 6.45) is 2.20. The molecule has 1 aromatic rings. The van der Waals surface area contributed by atoms with Crippen molar-refractivity contribution in [3.05, 3.63) is 34.9 Å². The zero-order valence-corrected chi connectivity index (χ0v) is 12.1. The lowest BCUT2D eigenvalue weighted by molar-refractivity contribution is 0.143. The first-order valence-electron chi connectivity index (χ1n) is 6.36. The van der Waals surface area contributed by atoms with Crippen LogP contribution in [0.1, 0.15) is 24.8 Å². The molecule has 1 saturated carbocycles. The second-order valence-electron chi connectivity index (χ2n) is 4.98. The Labute approximate surface area is 118 Å². The molecule has 0 spiro atoms. The quantitative estimate of drug-likeness (QED) is 0.809. The van der Waals surface area contributed by atoms with Crippen molar-refractivity contribution in [3.8, 4) is 0 Å². The molecule has 1 atom stereocenters. The second-order valence-corrected chi connectivity index (χ2v) is 7.22. The Kier molecular flexibility index (Phi) is 4.84. The fourth-order valence-electron chi connectivity index (χ4n) is 1.98. The number of halogens is 1. The maximum absolute atomic E-state index is 11.8. The Bertz CT molecular complexity index is 528. The molecule has 0 amide bonds. The molecule has 1 aliphatic carbocycles. The van der Waals surface area contributed by atoms with Gasteiger partial charge in [0, 0.05) is 11.6 Å². The molecule has 2 rings (SSSR count). The molecular formula is C13H18ClNO3S. The van der Waals surface area contributed by atoms with Crippen LogP contribution in [-0.2, 0) is 15.8 Å². The number of hydrogen-bond donors (Lipinski definition) is 2. The van der Waals surface area contributed by atoms with Gasteiger partial charge < -0.3 is 5.11 Å². The molecule has 0 aliphatic heterocycles. The van der Waals surface area contributed by atoms with Gasteiger partial charge in [-0.2, -0.15) is 0 Å². The van der Waals surface area contributed by atoms with Crippen molar-refractivity contribution < 1.29 is 13.5 Å². The highest BCUT2D eigenvalue weighted by molar-refractivity contribution is 7.88. The first kappa shape index (κ1) is 14.8. The predicted molar refractivity (Wildman–Crippen MR) is 75.4 cm³/mol. The van der Waals surface area contributed by atoms with E-state index < -0.39 is 10.0 Å². The highest BCUT2D eigenvalue weighted by atomic mass is 35.5. The maximum Gasteiger partial charge on any atom is 0.215 e. The molecule has 0 bridgehead atoms. The fourth-order valence-corrected chi connectivity index (χ4v) is 3.34. The first-order valence-corrected chi connectivity index (χ1v) is 8.39. The van der Waals surface area contributed by atoms with Gasteiger partial charge in [-0.25, -0.2) is 13.1 Å². The van der Waals surface area contributed by atoms with Gasteiger partial charge >= 0.3 is 0 Å². The van der Waals surface area contributed by atoms with Gasteiger partial charge in [0.05, 0.1) is 11.9 Å². The SMILES string of the molecule is O=S(=O)(Cc1cccc(Cl)c1)NCC[C@H](O)C1CC1. The molecule has 6 heteroatoms. The van der Waals surface area contributed by atoms with E-state index in [1.165, 1.54) is 0 Å². The lowest BCUT2D eigenvalue weighted by Crippen LogP contribution is -2.28. The number of aliphatic hydroxyl groups is 1. The molecule has 0 saturated heterocycles. The van der Waals surface area contributed by atoms with Gasteiger partial charge in [-0.1, -0.05) is 23.7 Å². The van der Waals surface area contributed by atoms with Gasteiger partial charge in [0.2, 0.25) is 10.0 Å². The Morgan fingerprint density at radius 1 is 1.42 bits per heavy atom. The summed E-state index contributed by atoms with van der Waals surface area (Å²) in [4.78, 5) is 0. The van der Waals surface area contributed by atoms with E-state index >= 15 is 0 Å². The summed E-state index contributed by atoms with van der Waals surface area (Å²) in [5.74, 6) is 0.282. The van der Waals surface area contributed by atoms with Crippen molar-refractivity contribution in [2.45, 2.75) is 31.1 Å². The van der Waals surface area contributed by atoms with Crippen LogP contribution in [0.2, 0.25) is 5.02 Å².